The molecule has 108 valence electrons. The van der Waals surface area contributed by atoms with Crippen LogP contribution in [0.25, 0.3) is 0 Å². The Bertz CT molecular complexity index is 661. The van der Waals surface area contributed by atoms with Crippen LogP contribution in [-0.4, -0.2) is 12.2 Å². The molecule has 1 heterocycles. The van der Waals surface area contributed by atoms with E-state index < -0.39 is 0 Å². The van der Waals surface area contributed by atoms with E-state index in [9.17, 15) is 9.59 Å². The number of carbonyl (C=O) groups is 2. The summed E-state index contributed by atoms with van der Waals surface area (Å²) in [6.45, 7) is 0. The van der Waals surface area contributed by atoms with E-state index in [4.69, 9.17) is 0 Å². The van der Waals surface area contributed by atoms with Crippen molar-refractivity contribution in [1.29, 1.82) is 0 Å². The monoisotopic (exact) mass is 299 g/mol. The van der Waals surface area contributed by atoms with Gasteiger partial charge in [-0.2, -0.15) is 0 Å². The average Bonchev–Trinajstić information content (AvgIpc) is 2.68. The van der Waals surface area contributed by atoms with Crippen LogP contribution in [0, 0.1) is 0 Å². The minimum Gasteiger partial charge on any atom is -0.313 e. The van der Waals surface area contributed by atoms with E-state index in [1.807, 2.05) is 18.2 Å². The third kappa shape index (κ3) is 2.90. The summed E-state index contributed by atoms with van der Waals surface area (Å²) in [5, 5.41) is 3.60. The van der Waals surface area contributed by atoms with Gasteiger partial charge in [0.2, 0.25) is 0 Å². The predicted molar refractivity (Wildman–Crippen MR) is 85.4 cm³/mol. The van der Waals surface area contributed by atoms with E-state index in [0.29, 0.717) is 16.1 Å². The van der Waals surface area contributed by atoms with Gasteiger partial charge in [-0.1, -0.05) is 24.6 Å². The molecule has 0 fully saturated rings. The van der Waals surface area contributed by atoms with E-state index in [1.54, 1.807) is 23.5 Å². The van der Waals surface area contributed by atoms with Gasteiger partial charge >= 0.3 is 0 Å². The number of carbonyl (C=O) groups excluding carboxylic acids is 2. The SMILES string of the molecule is O=Cc1c(NC(=O)c2ccccc2)sc2c1CCCCC2. The van der Waals surface area contributed by atoms with Crippen LogP contribution in [0.15, 0.2) is 30.3 Å². The number of fused-ring (bicyclic) bond motifs is 1. The summed E-state index contributed by atoms with van der Waals surface area (Å²) in [4.78, 5) is 25.0. The van der Waals surface area contributed by atoms with Crippen LogP contribution < -0.4 is 5.32 Å². The third-order valence-electron chi connectivity index (χ3n) is 3.84. The first-order valence-electron chi connectivity index (χ1n) is 7.25. The van der Waals surface area contributed by atoms with Crippen LogP contribution in [0.1, 0.15) is 50.4 Å². The van der Waals surface area contributed by atoms with Gasteiger partial charge in [0.1, 0.15) is 5.00 Å². The van der Waals surface area contributed by atoms with Crippen molar-refractivity contribution in [3.05, 3.63) is 51.9 Å². The van der Waals surface area contributed by atoms with Gasteiger partial charge in [0.25, 0.3) is 5.91 Å². The van der Waals surface area contributed by atoms with Gasteiger partial charge in [0.05, 0.1) is 5.56 Å². The lowest BCUT2D eigenvalue weighted by Gasteiger charge is -2.04. The lowest BCUT2D eigenvalue weighted by Crippen LogP contribution is -2.11. The Morgan fingerprint density at radius 1 is 1.10 bits per heavy atom. The molecule has 0 bridgehead atoms. The van der Waals surface area contributed by atoms with Crippen LogP contribution >= 0.6 is 11.3 Å². The number of amides is 1. The molecule has 0 radical (unpaired) electrons. The molecular formula is C17H17NO2S. The summed E-state index contributed by atoms with van der Waals surface area (Å²) in [5.74, 6) is -0.157. The first kappa shape index (κ1) is 14.0. The molecule has 0 atom stereocenters. The van der Waals surface area contributed by atoms with Crippen LogP contribution in [-0.2, 0) is 12.8 Å². The zero-order valence-electron chi connectivity index (χ0n) is 11.7. The highest BCUT2D eigenvalue weighted by Gasteiger charge is 2.20. The summed E-state index contributed by atoms with van der Waals surface area (Å²) in [6, 6.07) is 9.09. The highest BCUT2D eigenvalue weighted by atomic mass is 32.1. The first-order chi connectivity index (χ1) is 10.3. The summed E-state index contributed by atoms with van der Waals surface area (Å²) in [7, 11) is 0. The summed E-state index contributed by atoms with van der Waals surface area (Å²) < 4.78 is 0. The predicted octanol–water partition coefficient (Wildman–Crippen LogP) is 4.08. The molecule has 1 aromatic heterocycles. The van der Waals surface area contributed by atoms with Crippen molar-refractivity contribution in [3.8, 4) is 0 Å². The van der Waals surface area contributed by atoms with E-state index in [2.05, 4.69) is 5.32 Å². The number of thiophene rings is 1. The summed E-state index contributed by atoms with van der Waals surface area (Å²) >= 11 is 1.56. The number of aryl methyl sites for hydroxylation is 1. The smallest absolute Gasteiger partial charge is 0.256 e. The lowest BCUT2D eigenvalue weighted by molar-refractivity contribution is 0.102. The molecule has 2 aromatic rings. The molecule has 0 saturated heterocycles. The summed E-state index contributed by atoms with van der Waals surface area (Å²) in [6.07, 6.45) is 6.35. The molecule has 0 saturated carbocycles. The molecule has 1 aromatic carbocycles. The second-order valence-electron chi connectivity index (χ2n) is 5.25. The number of anilines is 1. The van der Waals surface area contributed by atoms with E-state index in [1.165, 1.54) is 11.3 Å². The van der Waals surface area contributed by atoms with Crippen molar-refractivity contribution in [2.75, 3.05) is 5.32 Å². The topological polar surface area (TPSA) is 46.2 Å². The fourth-order valence-electron chi connectivity index (χ4n) is 2.75. The van der Waals surface area contributed by atoms with Crippen molar-refractivity contribution in [3.63, 3.8) is 0 Å². The molecule has 1 aliphatic carbocycles. The molecular weight excluding hydrogens is 282 g/mol. The van der Waals surface area contributed by atoms with Gasteiger partial charge < -0.3 is 5.32 Å². The van der Waals surface area contributed by atoms with Crippen molar-refractivity contribution < 1.29 is 9.59 Å². The molecule has 3 nitrogen and oxygen atoms in total. The average molecular weight is 299 g/mol. The van der Waals surface area contributed by atoms with Crippen molar-refractivity contribution in [2.45, 2.75) is 32.1 Å². The van der Waals surface area contributed by atoms with E-state index >= 15 is 0 Å². The number of hydrogen-bond acceptors (Lipinski definition) is 3. The van der Waals surface area contributed by atoms with E-state index in [0.717, 1.165) is 37.5 Å². The Morgan fingerprint density at radius 3 is 2.62 bits per heavy atom. The normalized spacial score (nSPS) is 14.1. The zero-order valence-corrected chi connectivity index (χ0v) is 12.5. The molecule has 3 rings (SSSR count). The molecule has 1 aliphatic rings. The maximum atomic E-state index is 12.2. The van der Waals surface area contributed by atoms with Gasteiger partial charge in [-0.05, 0) is 43.4 Å². The molecule has 1 amide bonds. The number of aldehydes is 1. The quantitative estimate of drug-likeness (QED) is 0.685. The van der Waals surface area contributed by atoms with Crippen LogP contribution in [0.3, 0.4) is 0 Å². The molecule has 1 N–H and O–H groups in total. The summed E-state index contributed by atoms with van der Waals surface area (Å²) in [5.41, 5.74) is 2.44. The largest absolute Gasteiger partial charge is 0.313 e. The highest BCUT2D eigenvalue weighted by Crippen LogP contribution is 2.36. The maximum Gasteiger partial charge on any atom is 0.256 e. The standard InChI is InChI=1S/C17H17NO2S/c19-11-14-13-9-5-2-6-10-15(13)21-17(14)18-16(20)12-7-3-1-4-8-12/h1,3-4,7-8,11H,2,5-6,9-10H2,(H,18,20). The number of nitrogens with one attached hydrogen (secondary N) is 1. The number of benzene rings is 1. The first-order valence-corrected chi connectivity index (χ1v) is 8.07. The van der Waals surface area contributed by atoms with Crippen LogP contribution in [0.4, 0.5) is 5.00 Å². The Labute approximate surface area is 128 Å². The molecule has 4 heteroatoms. The molecule has 0 spiro atoms. The molecule has 21 heavy (non-hydrogen) atoms. The Morgan fingerprint density at radius 2 is 1.86 bits per heavy atom. The number of rotatable bonds is 3. The van der Waals surface area contributed by atoms with Gasteiger partial charge in [-0.15, -0.1) is 11.3 Å². The fourth-order valence-corrected chi connectivity index (χ4v) is 4.00. The number of hydrogen-bond donors (Lipinski definition) is 1. The van der Waals surface area contributed by atoms with Crippen molar-refractivity contribution in [1.82, 2.24) is 0 Å². The van der Waals surface area contributed by atoms with E-state index in [-0.39, 0.29) is 5.91 Å². The fraction of sp³-hybridized carbons (Fsp3) is 0.294. The lowest BCUT2D eigenvalue weighted by atomic mass is 10.1. The Balaban J connectivity index is 1.89. The Kier molecular flexibility index (Phi) is 4.15. The van der Waals surface area contributed by atoms with Gasteiger partial charge in [0.15, 0.2) is 6.29 Å². The second kappa shape index (κ2) is 6.22. The minimum absolute atomic E-state index is 0.157. The Hall–Kier alpha value is -1.94. The zero-order chi connectivity index (χ0) is 14.7. The molecule has 0 unspecified atom stereocenters. The third-order valence-corrected chi connectivity index (χ3v) is 5.07. The van der Waals surface area contributed by atoms with Gasteiger partial charge in [0, 0.05) is 10.4 Å². The van der Waals surface area contributed by atoms with Crippen LogP contribution in [0.5, 0.6) is 0 Å². The van der Waals surface area contributed by atoms with Crippen molar-refractivity contribution >= 4 is 28.5 Å². The molecule has 0 aliphatic heterocycles. The van der Waals surface area contributed by atoms with Crippen LogP contribution in [0.2, 0.25) is 0 Å². The van der Waals surface area contributed by atoms with Crippen molar-refractivity contribution in [2.24, 2.45) is 0 Å². The van der Waals surface area contributed by atoms with Gasteiger partial charge in [-0.3, -0.25) is 9.59 Å². The van der Waals surface area contributed by atoms with Gasteiger partial charge in [-0.25, -0.2) is 0 Å². The minimum atomic E-state index is -0.157. The second-order valence-corrected chi connectivity index (χ2v) is 6.35. The maximum absolute atomic E-state index is 12.2. The highest BCUT2D eigenvalue weighted by molar-refractivity contribution is 7.16.